The highest BCUT2D eigenvalue weighted by Crippen LogP contribution is 2.19. The molecule has 1 heterocycles. The Labute approximate surface area is 124 Å². The largest absolute Gasteiger partial charge is 0.481 e. The summed E-state index contributed by atoms with van der Waals surface area (Å²) in [4.78, 5) is 36.6. The molecule has 0 spiro atoms. The van der Waals surface area contributed by atoms with Crippen LogP contribution >= 0.6 is 0 Å². The second-order valence-corrected chi connectivity index (χ2v) is 5.66. The molecule has 0 radical (unpaired) electrons. The van der Waals surface area contributed by atoms with Crippen molar-refractivity contribution in [3.63, 3.8) is 0 Å². The number of nitrogens with zero attached hydrogens (tertiary/aromatic N) is 1. The van der Waals surface area contributed by atoms with Crippen molar-refractivity contribution in [2.24, 2.45) is 11.8 Å². The smallest absolute Gasteiger partial charge is 0.306 e. The summed E-state index contributed by atoms with van der Waals surface area (Å²) >= 11 is 0. The second kappa shape index (κ2) is 7.97. The van der Waals surface area contributed by atoms with Gasteiger partial charge in [-0.1, -0.05) is 13.8 Å². The van der Waals surface area contributed by atoms with Gasteiger partial charge in [-0.05, 0) is 18.8 Å². The van der Waals surface area contributed by atoms with Crippen LogP contribution in [0.1, 0.15) is 26.7 Å². The standard InChI is InChI=1S/C14H24N2O5/c1-9(2)12(15-11(17)8-21-3)13(18)16-6-4-10(5-7-16)14(19)20/h9-10,12H,4-8H2,1-3H3,(H,15,17)(H,19,20)/t12-/m0/s1. The molecule has 1 aliphatic heterocycles. The number of carboxylic acids is 1. The number of nitrogens with one attached hydrogen (secondary N) is 1. The predicted octanol–water partition coefficient (Wildman–Crippen LogP) is 0.0968. The van der Waals surface area contributed by atoms with Crippen LogP contribution in [0.2, 0.25) is 0 Å². The molecule has 2 N–H and O–H groups in total. The zero-order valence-corrected chi connectivity index (χ0v) is 12.8. The SMILES string of the molecule is COCC(=O)N[C@H](C(=O)N1CCC(C(=O)O)CC1)C(C)C. The third-order valence-corrected chi connectivity index (χ3v) is 3.68. The third kappa shape index (κ3) is 5.00. The third-order valence-electron chi connectivity index (χ3n) is 3.68. The van der Waals surface area contributed by atoms with Crippen LogP contribution in [0.15, 0.2) is 0 Å². The summed E-state index contributed by atoms with van der Waals surface area (Å²) in [5, 5.41) is 11.6. The van der Waals surface area contributed by atoms with E-state index in [-0.39, 0.29) is 30.3 Å². The molecular formula is C14H24N2O5. The van der Waals surface area contributed by atoms with Crippen molar-refractivity contribution >= 4 is 17.8 Å². The van der Waals surface area contributed by atoms with E-state index < -0.39 is 12.0 Å². The molecule has 1 atom stereocenters. The Kier molecular flexibility index (Phi) is 6.61. The number of rotatable bonds is 6. The fraction of sp³-hybridized carbons (Fsp3) is 0.786. The average molecular weight is 300 g/mol. The summed E-state index contributed by atoms with van der Waals surface area (Å²) in [6.45, 7) is 4.47. The molecule has 120 valence electrons. The van der Waals surface area contributed by atoms with Crippen molar-refractivity contribution in [1.29, 1.82) is 0 Å². The quantitative estimate of drug-likeness (QED) is 0.725. The molecule has 0 aromatic rings. The number of hydrogen-bond donors (Lipinski definition) is 2. The normalized spacial score (nSPS) is 17.6. The molecule has 1 fully saturated rings. The van der Waals surface area contributed by atoms with E-state index in [2.05, 4.69) is 5.32 Å². The van der Waals surface area contributed by atoms with E-state index in [1.807, 2.05) is 13.8 Å². The van der Waals surface area contributed by atoms with Crippen molar-refractivity contribution in [1.82, 2.24) is 10.2 Å². The van der Waals surface area contributed by atoms with Gasteiger partial charge in [0.15, 0.2) is 0 Å². The Morgan fingerprint density at radius 3 is 2.29 bits per heavy atom. The van der Waals surface area contributed by atoms with Crippen LogP contribution in [0.25, 0.3) is 0 Å². The number of hydrogen-bond acceptors (Lipinski definition) is 4. The number of amides is 2. The second-order valence-electron chi connectivity index (χ2n) is 5.66. The summed E-state index contributed by atoms with van der Waals surface area (Å²) in [5.74, 6) is -1.72. The van der Waals surface area contributed by atoms with Crippen LogP contribution in [0.3, 0.4) is 0 Å². The molecule has 1 rings (SSSR count). The van der Waals surface area contributed by atoms with E-state index >= 15 is 0 Å². The first kappa shape index (κ1) is 17.4. The van der Waals surface area contributed by atoms with Gasteiger partial charge in [0.1, 0.15) is 12.6 Å². The molecule has 1 saturated heterocycles. The van der Waals surface area contributed by atoms with Gasteiger partial charge in [-0.2, -0.15) is 0 Å². The lowest BCUT2D eigenvalue weighted by Gasteiger charge is -2.34. The van der Waals surface area contributed by atoms with Crippen molar-refractivity contribution in [2.75, 3.05) is 26.8 Å². The van der Waals surface area contributed by atoms with Gasteiger partial charge in [-0.3, -0.25) is 14.4 Å². The molecule has 0 aromatic heterocycles. The van der Waals surface area contributed by atoms with Crippen LogP contribution in [-0.4, -0.2) is 60.6 Å². The van der Waals surface area contributed by atoms with Gasteiger partial charge in [-0.25, -0.2) is 0 Å². The minimum absolute atomic E-state index is 0.0458. The number of piperidine rings is 1. The van der Waals surface area contributed by atoms with Crippen molar-refractivity contribution in [2.45, 2.75) is 32.7 Å². The van der Waals surface area contributed by atoms with Gasteiger partial charge in [0.05, 0.1) is 5.92 Å². The van der Waals surface area contributed by atoms with Crippen molar-refractivity contribution in [3.8, 4) is 0 Å². The zero-order valence-electron chi connectivity index (χ0n) is 12.8. The maximum Gasteiger partial charge on any atom is 0.306 e. The highest BCUT2D eigenvalue weighted by Gasteiger charge is 2.32. The minimum atomic E-state index is -0.809. The molecule has 21 heavy (non-hydrogen) atoms. The zero-order chi connectivity index (χ0) is 16.0. The van der Waals surface area contributed by atoms with E-state index in [0.717, 1.165) is 0 Å². The number of likely N-dealkylation sites (tertiary alicyclic amines) is 1. The number of ether oxygens (including phenoxy) is 1. The summed E-state index contributed by atoms with van der Waals surface area (Å²) in [6, 6.07) is -0.603. The van der Waals surface area contributed by atoms with Crippen LogP contribution in [0, 0.1) is 11.8 Å². The lowest BCUT2D eigenvalue weighted by Crippen LogP contribution is -2.53. The number of carbonyl (C=O) groups is 3. The maximum absolute atomic E-state index is 12.5. The molecule has 0 bridgehead atoms. The van der Waals surface area contributed by atoms with E-state index in [1.54, 1.807) is 4.90 Å². The van der Waals surface area contributed by atoms with Crippen LogP contribution in [0.5, 0.6) is 0 Å². The molecule has 0 aromatic carbocycles. The average Bonchev–Trinajstić information content (AvgIpc) is 2.44. The highest BCUT2D eigenvalue weighted by atomic mass is 16.5. The van der Waals surface area contributed by atoms with E-state index in [4.69, 9.17) is 9.84 Å². The molecule has 7 heteroatoms. The van der Waals surface area contributed by atoms with E-state index in [9.17, 15) is 14.4 Å². The van der Waals surface area contributed by atoms with Crippen LogP contribution < -0.4 is 5.32 Å². The predicted molar refractivity (Wildman–Crippen MR) is 75.6 cm³/mol. The van der Waals surface area contributed by atoms with Gasteiger partial charge in [0, 0.05) is 20.2 Å². The monoisotopic (exact) mass is 300 g/mol. The molecule has 1 aliphatic rings. The Morgan fingerprint density at radius 1 is 1.29 bits per heavy atom. The Hall–Kier alpha value is -1.63. The Morgan fingerprint density at radius 2 is 1.86 bits per heavy atom. The summed E-state index contributed by atoms with van der Waals surface area (Å²) in [5.41, 5.74) is 0. The van der Waals surface area contributed by atoms with Crippen molar-refractivity contribution < 1.29 is 24.2 Å². The first-order valence-corrected chi connectivity index (χ1v) is 7.16. The Bertz CT molecular complexity index is 389. The van der Waals surface area contributed by atoms with Crippen LogP contribution in [-0.2, 0) is 19.1 Å². The van der Waals surface area contributed by atoms with Gasteiger partial charge >= 0.3 is 5.97 Å². The molecule has 0 unspecified atom stereocenters. The first-order valence-electron chi connectivity index (χ1n) is 7.16. The van der Waals surface area contributed by atoms with Gasteiger partial charge in [0.25, 0.3) is 0 Å². The maximum atomic E-state index is 12.5. The van der Waals surface area contributed by atoms with Gasteiger partial charge in [0.2, 0.25) is 11.8 Å². The Balaban J connectivity index is 2.61. The summed E-state index contributed by atoms with van der Waals surface area (Å²) in [7, 11) is 1.42. The molecule has 2 amide bonds. The minimum Gasteiger partial charge on any atom is -0.481 e. The molecular weight excluding hydrogens is 276 g/mol. The molecule has 0 saturated carbocycles. The van der Waals surface area contributed by atoms with Crippen LogP contribution in [0.4, 0.5) is 0 Å². The highest BCUT2D eigenvalue weighted by molar-refractivity contribution is 5.88. The fourth-order valence-electron chi connectivity index (χ4n) is 2.40. The number of carboxylic acid groups (broad SMARTS) is 1. The van der Waals surface area contributed by atoms with E-state index in [0.29, 0.717) is 25.9 Å². The summed E-state index contributed by atoms with van der Waals surface area (Å²) < 4.78 is 4.75. The van der Waals surface area contributed by atoms with Gasteiger partial charge in [-0.15, -0.1) is 0 Å². The molecule has 7 nitrogen and oxygen atoms in total. The molecule has 0 aliphatic carbocycles. The number of carbonyl (C=O) groups excluding carboxylic acids is 2. The van der Waals surface area contributed by atoms with Crippen molar-refractivity contribution in [3.05, 3.63) is 0 Å². The summed E-state index contributed by atoms with van der Waals surface area (Å²) in [6.07, 6.45) is 0.913. The lowest BCUT2D eigenvalue weighted by atomic mass is 9.95. The topological polar surface area (TPSA) is 95.9 Å². The van der Waals surface area contributed by atoms with E-state index in [1.165, 1.54) is 7.11 Å². The fourth-order valence-corrected chi connectivity index (χ4v) is 2.40. The first-order chi connectivity index (χ1) is 9.86. The number of aliphatic carboxylic acids is 1. The lowest BCUT2D eigenvalue weighted by molar-refractivity contribution is -0.146. The number of methoxy groups -OCH3 is 1. The van der Waals surface area contributed by atoms with Gasteiger partial charge < -0.3 is 20.1 Å².